The largest absolute Gasteiger partial charge is 0.507 e. The number of halogens is 1. The molecule has 0 radical (unpaired) electrons. The summed E-state index contributed by atoms with van der Waals surface area (Å²) in [6.45, 7) is 0.0999. The van der Waals surface area contributed by atoms with Crippen molar-refractivity contribution in [2.75, 3.05) is 0 Å². The quantitative estimate of drug-likeness (QED) is 0.204. The number of nitro groups is 1. The third-order valence-electron chi connectivity index (χ3n) is 5.15. The molecule has 1 atom stereocenters. The number of aromatic nitrogens is 1. The van der Waals surface area contributed by atoms with Crippen molar-refractivity contribution in [1.29, 1.82) is 0 Å². The first-order chi connectivity index (χ1) is 15.4. The predicted molar refractivity (Wildman–Crippen MR) is 117 cm³/mol. The zero-order valence-electron chi connectivity index (χ0n) is 16.5. The van der Waals surface area contributed by atoms with Crippen molar-refractivity contribution < 1.29 is 19.6 Å². The summed E-state index contributed by atoms with van der Waals surface area (Å²) in [5, 5.41) is 22.4. The SMILES string of the molecule is O=C1C(=O)N(Cc2cccnc2)C(c2ccc(Cl)cc2)/C1=C(/O)c1ccc([N+](=O)[O-])cc1. The Balaban J connectivity index is 1.84. The Kier molecular flexibility index (Phi) is 5.70. The van der Waals surface area contributed by atoms with E-state index in [0.717, 1.165) is 0 Å². The van der Waals surface area contributed by atoms with E-state index in [1.807, 2.05) is 0 Å². The number of aliphatic hydroxyl groups excluding tert-OH is 1. The summed E-state index contributed by atoms with van der Waals surface area (Å²) in [7, 11) is 0. The summed E-state index contributed by atoms with van der Waals surface area (Å²) in [4.78, 5) is 41.7. The van der Waals surface area contributed by atoms with Gasteiger partial charge in [0.05, 0.1) is 16.5 Å². The number of Topliss-reactive ketones (excluding diaryl/α,β-unsaturated/α-hetero) is 1. The number of nitro benzene ring substituents is 1. The molecular weight excluding hydrogens is 434 g/mol. The average molecular weight is 450 g/mol. The number of hydrogen-bond acceptors (Lipinski definition) is 6. The number of nitrogens with zero attached hydrogens (tertiary/aromatic N) is 3. The molecule has 1 aromatic heterocycles. The fourth-order valence-corrected chi connectivity index (χ4v) is 3.75. The third-order valence-corrected chi connectivity index (χ3v) is 5.40. The van der Waals surface area contributed by atoms with Crippen LogP contribution in [0.2, 0.25) is 5.02 Å². The molecule has 0 spiro atoms. The van der Waals surface area contributed by atoms with Crippen LogP contribution in [0, 0.1) is 10.1 Å². The van der Waals surface area contributed by atoms with Crippen LogP contribution in [0.25, 0.3) is 5.76 Å². The Labute approximate surface area is 187 Å². The van der Waals surface area contributed by atoms with Gasteiger partial charge in [-0.25, -0.2) is 0 Å². The average Bonchev–Trinajstić information content (AvgIpc) is 3.05. The molecule has 1 unspecified atom stereocenters. The van der Waals surface area contributed by atoms with Gasteiger partial charge >= 0.3 is 0 Å². The van der Waals surface area contributed by atoms with Gasteiger partial charge in [-0.1, -0.05) is 29.8 Å². The van der Waals surface area contributed by atoms with Crippen LogP contribution in [0.5, 0.6) is 0 Å². The van der Waals surface area contributed by atoms with E-state index in [1.165, 1.54) is 29.2 Å². The number of amides is 1. The summed E-state index contributed by atoms with van der Waals surface area (Å²) in [5.41, 5.74) is 1.22. The van der Waals surface area contributed by atoms with E-state index in [1.54, 1.807) is 48.8 Å². The summed E-state index contributed by atoms with van der Waals surface area (Å²) in [6.07, 6.45) is 3.19. The highest BCUT2D eigenvalue weighted by atomic mass is 35.5. The number of hydrogen-bond donors (Lipinski definition) is 1. The van der Waals surface area contributed by atoms with E-state index in [4.69, 9.17) is 11.6 Å². The fourth-order valence-electron chi connectivity index (χ4n) is 3.62. The number of carbonyl (C=O) groups excluding carboxylic acids is 2. The first-order valence-corrected chi connectivity index (χ1v) is 9.92. The normalized spacial score (nSPS) is 17.5. The van der Waals surface area contributed by atoms with Gasteiger partial charge in [-0.2, -0.15) is 0 Å². The van der Waals surface area contributed by atoms with Crippen LogP contribution in [0.4, 0.5) is 5.69 Å². The minimum atomic E-state index is -0.873. The number of ketones is 1. The maximum absolute atomic E-state index is 13.0. The van der Waals surface area contributed by atoms with Gasteiger partial charge in [0.25, 0.3) is 17.4 Å². The van der Waals surface area contributed by atoms with E-state index in [0.29, 0.717) is 16.1 Å². The second-order valence-corrected chi connectivity index (χ2v) is 7.58. The molecule has 160 valence electrons. The lowest BCUT2D eigenvalue weighted by Gasteiger charge is -2.25. The molecule has 1 amide bonds. The lowest BCUT2D eigenvalue weighted by Crippen LogP contribution is -2.29. The molecule has 1 aliphatic rings. The molecule has 8 nitrogen and oxygen atoms in total. The lowest BCUT2D eigenvalue weighted by atomic mass is 9.95. The van der Waals surface area contributed by atoms with Crippen molar-refractivity contribution in [2.45, 2.75) is 12.6 Å². The van der Waals surface area contributed by atoms with Crippen LogP contribution < -0.4 is 0 Å². The zero-order chi connectivity index (χ0) is 22.8. The molecule has 1 fully saturated rings. The Morgan fingerprint density at radius 3 is 2.38 bits per heavy atom. The van der Waals surface area contributed by atoms with Gasteiger partial charge in [-0.3, -0.25) is 24.7 Å². The molecule has 9 heteroatoms. The molecular formula is C23H16ClN3O5. The summed E-state index contributed by atoms with van der Waals surface area (Å²) >= 11 is 6.00. The van der Waals surface area contributed by atoms with E-state index in [9.17, 15) is 24.8 Å². The number of carbonyl (C=O) groups is 2. The third kappa shape index (κ3) is 3.95. The smallest absolute Gasteiger partial charge is 0.295 e. The number of likely N-dealkylation sites (tertiary alicyclic amines) is 1. The van der Waals surface area contributed by atoms with Crippen molar-refractivity contribution in [3.8, 4) is 0 Å². The van der Waals surface area contributed by atoms with Gasteiger partial charge < -0.3 is 10.0 Å². The van der Waals surface area contributed by atoms with Crippen molar-refractivity contribution in [3.63, 3.8) is 0 Å². The number of non-ortho nitro benzene ring substituents is 1. The van der Waals surface area contributed by atoms with E-state index in [2.05, 4.69) is 4.98 Å². The molecule has 1 N–H and O–H groups in total. The van der Waals surface area contributed by atoms with Gasteiger partial charge in [-0.15, -0.1) is 0 Å². The Morgan fingerprint density at radius 2 is 1.78 bits per heavy atom. The Hall–Kier alpha value is -4.04. The molecule has 0 bridgehead atoms. The molecule has 0 saturated carbocycles. The Bertz CT molecular complexity index is 1220. The summed E-state index contributed by atoms with van der Waals surface area (Å²) in [5.74, 6) is -2.02. The molecule has 2 heterocycles. The molecule has 3 aromatic rings. The highest BCUT2D eigenvalue weighted by Gasteiger charge is 2.46. The highest BCUT2D eigenvalue weighted by Crippen LogP contribution is 2.40. The second kappa shape index (κ2) is 8.60. The standard InChI is InChI=1S/C23H16ClN3O5/c24-17-7-3-15(4-8-17)20-19(21(28)16-5-9-18(10-6-16)27(31)32)22(29)23(30)26(20)13-14-2-1-11-25-12-14/h1-12,20,28H,13H2/b21-19-. The van der Waals surface area contributed by atoms with Crippen LogP contribution in [-0.4, -0.2) is 31.6 Å². The molecule has 0 aliphatic carbocycles. The maximum Gasteiger partial charge on any atom is 0.295 e. The Morgan fingerprint density at radius 1 is 1.09 bits per heavy atom. The van der Waals surface area contributed by atoms with Gasteiger partial charge in [0, 0.05) is 41.7 Å². The highest BCUT2D eigenvalue weighted by molar-refractivity contribution is 6.46. The van der Waals surface area contributed by atoms with Gasteiger partial charge in [-0.05, 0) is 41.5 Å². The molecule has 1 aliphatic heterocycles. The van der Waals surface area contributed by atoms with Gasteiger partial charge in [0.1, 0.15) is 5.76 Å². The fraction of sp³-hybridized carbons (Fsp3) is 0.0870. The number of benzene rings is 2. The van der Waals surface area contributed by atoms with Crippen molar-refractivity contribution in [1.82, 2.24) is 9.88 Å². The minimum Gasteiger partial charge on any atom is -0.507 e. The van der Waals surface area contributed by atoms with Crippen LogP contribution in [0.1, 0.15) is 22.7 Å². The minimum absolute atomic E-state index is 0.0999. The summed E-state index contributed by atoms with van der Waals surface area (Å²) in [6, 6.07) is 14.4. The van der Waals surface area contributed by atoms with E-state index >= 15 is 0 Å². The van der Waals surface area contributed by atoms with Crippen LogP contribution in [-0.2, 0) is 16.1 Å². The monoisotopic (exact) mass is 449 g/mol. The summed E-state index contributed by atoms with van der Waals surface area (Å²) < 4.78 is 0. The molecule has 1 saturated heterocycles. The lowest BCUT2D eigenvalue weighted by molar-refractivity contribution is -0.384. The van der Waals surface area contributed by atoms with Crippen molar-refractivity contribution in [3.05, 3.63) is 110 Å². The van der Waals surface area contributed by atoms with Crippen molar-refractivity contribution >= 4 is 34.7 Å². The first kappa shape index (κ1) is 21.2. The maximum atomic E-state index is 13.0. The first-order valence-electron chi connectivity index (χ1n) is 9.54. The number of pyridine rings is 1. The molecule has 4 rings (SSSR count). The van der Waals surface area contributed by atoms with Crippen LogP contribution in [0.15, 0.2) is 78.6 Å². The number of aliphatic hydroxyl groups is 1. The zero-order valence-corrected chi connectivity index (χ0v) is 17.3. The topological polar surface area (TPSA) is 114 Å². The van der Waals surface area contributed by atoms with Crippen LogP contribution >= 0.6 is 11.6 Å². The predicted octanol–water partition coefficient (Wildman–Crippen LogP) is 4.27. The molecule has 2 aromatic carbocycles. The molecule has 32 heavy (non-hydrogen) atoms. The van der Waals surface area contributed by atoms with Gasteiger partial charge in [0.2, 0.25) is 0 Å². The van der Waals surface area contributed by atoms with E-state index < -0.39 is 28.4 Å². The van der Waals surface area contributed by atoms with Gasteiger partial charge in [0.15, 0.2) is 0 Å². The van der Waals surface area contributed by atoms with E-state index in [-0.39, 0.29) is 23.4 Å². The number of rotatable bonds is 5. The second-order valence-electron chi connectivity index (χ2n) is 7.14. The van der Waals surface area contributed by atoms with Crippen molar-refractivity contribution in [2.24, 2.45) is 0 Å². The van der Waals surface area contributed by atoms with Crippen LogP contribution in [0.3, 0.4) is 0 Å².